The number of carbonyl (C=O) groups is 1. The van der Waals surface area contributed by atoms with Crippen LogP contribution in [0, 0.1) is 0 Å². The molecular weight excluding hydrogens is 366 g/mol. The van der Waals surface area contributed by atoms with Crippen molar-refractivity contribution in [3.63, 3.8) is 0 Å². The van der Waals surface area contributed by atoms with Crippen molar-refractivity contribution < 1.29 is 13.2 Å². The quantitative estimate of drug-likeness (QED) is 0.345. The number of nitrogens with zero attached hydrogens (tertiary/aromatic N) is 2. The summed E-state index contributed by atoms with van der Waals surface area (Å²) >= 11 is 0. The van der Waals surface area contributed by atoms with Crippen molar-refractivity contribution in [3.8, 4) is 0 Å². The van der Waals surface area contributed by atoms with Gasteiger partial charge < -0.3 is 16.0 Å². The number of para-hydroxylation sites is 1. The predicted octanol–water partition coefficient (Wildman–Crippen LogP) is 0.949. The Kier molecular flexibility index (Phi) is 7.61. The molecule has 0 saturated carbocycles. The maximum absolute atomic E-state index is 11.9. The van der Waals surface area contributed by atoms with Gasteiger partial charge in [0.2, 0.25) is 15.9 Å². The number of rotatable bonds is 8. The Morgan fingerprint density at radius 1 is 1.33 bits per heavy atom. The van der Waals surface area contributed by atoms with E-state index in [-0.39, 0.29) is 17.6 Å². The van der Waals surface area contributed by atoms with E-state index in [1.165, 1.54) is 4.31 Å². The van der Waals surface area contributed by atoms with E-state index >= 15 is 0 Å². The minimum atomic E-state index is -3.14. The Morgan fingerprint density at radius 2 is 2.07 bits per heavy atom. The highest BCUT2D eigenvalue weighted by atomic mass is 32.2. The molecule has 1 aromatic carbocycles. The number of fused-ring (bicyclic) bond motifs is 1. The topological polar surface area (TPSA) is 103 Å². The molecule has 8 nitrogen and oxygen atoms in total. The summed E-state index contributed by atoms with van der Waals surface area (Å²) in [6.45, 7) is 3.29. The van der Waals surface area contributed by atoms with Crippen LogP contribution in [0.25, 0.3) is 0 Å². The molecule has 1 unspecified atom stereocenters. The molecule has 0 aromatic heterocycles. The molecule has 0 radical (unpaired) electrons. The zero-order chi connectivity index (χ0) is 19.9. The van der Waals surface area contributed by atoms with Crippen molar-refractivity contribution >= 4 is 27.6 Å². The van der Waals surface area contributed by atoms with Gasteiger partial charge in [0.15, 0.2) is 5.96 Å². The summed E-state index contributed by atoms with van der Waals surface area (Å²) in [4.78, 5) is 16.1. The van der Waals surface area contributed by atoms with Gasteiger partial charge >= 0.3 is 0 Å². The van der Waals surface area contributed by atoms with Crippen LogP contribution in [0.15, 0.2) is 29.3 Å². The molecule has 0 fully saturated rings. The molecule has 9 heteroatoms. The van der Waals surface area contributed by atoms with Gasteiger partial charge in [0.1, 0.15) is 0 Å². The summed E-state index contributed by atoms with van der Waals surface area (Å²) in [5.41, 5.74) is 1.98. The monoisotopic (exact) mass is 395 g/mol. The lowest BCUT2D eigenvalue weighted by molar-refractivity contribution is -0.116. The Hall–Kier alpha value is -2.13. The van der Waals surface area contributed by atoms with E-state index in [0.29, 0.717) is 38.4 Å². The fraction of sp³-hybridized carbons (Fsp3) is 0.556. The average molecular weight is 396 g/mol. The summed E-state index contributed by atoms with van der Waals surface area (Å²) in [5.74, 6) is 0.841. The number of carbonyl (C=O) groups excluding carboxylic acids is 1. The van der Waals surface area contributed by atoms with Gasteiger partial charge in [-0.2, -0.15) is 0 Å². The maximum Gasteiger partial charge on any atom is 0.225 e. The lowest BCUT2D eigenvalue weighted by atomic mass is 9.90. The third kappa shape index (κ3) is 5.93. The number of amides is 1. The van der Waals surface area contributed by atoms with Crippen LogP contribution in [0.2, 0.25) is 0 Å². The average Bonchev–Trinajstić information content (AvgIpc) is 2.66. The first-order valence-electron chi connectivity index (χ1n) is 9.14. The molecule has 27 heavy (non-hydrogen) atoms. The van der Waals surface area contributed by atoms with Gasteiger partial charge in [-0.25, -0.2) is 12.7 Å². The van der Waals surface area contributed by atoms with Crippen LogP contribution >= 0.6 is 0 Å². The summed E-state index contributed by atoms with van der Waals surface area (Å²) in [5, 5.41) is 9.34. The molecule has 1 atom stereocenters. The second-order valence-electron chi connectivity index (χ2n) is 6.49. The minimum absolute atomic E-state index is 0.0172. The van der Waals surface area contributed by atoms with Crippen molar-refractivity contribution in [2.24, 2.45) is 4.99 Å². The van der Waals surface area contributed by atoms with Crippen molar-refractivity contribution in [1.82, 2.24) is 14.9 Å². The third-order valence-electron chi connectivity index (χ3n) is 4.63. The number of hydrogen-bond donors (Lipinski definition) is 3. The standard InChI is InChI=1S/C18H29N5O3S/c1-4-27(25,26)23(3)11-7-10-20-18(19-2)21-13-14-12-17(24)22-16-9-6-5-8-15(14)16/h5-6,8-9,14H,4,7,10-13H2,1-3H3,(H,22,24)(H2,19,20,21). The van der Waals surface area contributed by atoms with Gasteiger partial charge in [-0.3, -0.25) is 9.79 Å². The number of sulfonamides is 1. The predicted molar refractivity (Wildman–Crippen MR) is 109 cm³/mol. The largest absolute Gasteiger partial charge is 0.356 e. The Morgan fingerprint density at radius 3 is 2.78 bits per heavy atom. The second-order valence-corrected chi connectivity index (χ2v) is 8.86. The first-order valence-corrected chi connectivity index (χ1v) is 10.8. The molecule has 3 N–H and O–H groups in total. The van der Waals surface area contributed by atoms with Crippen LogP contribution in [0.1, 0.15) is 31.2 Å². The molecule has 1 amide bonds. The van der Waals surface area contributed by atoms with E-state index < -0.39 is 10.0 Å². The summed E-state index contributed by atoms with van der Waals surface area (Å²) in [7, 11) is 0.139. The Bertz CT molecular complexity index is 779. The zero-order valence-corrected chi connectivity index (χ0v) is 17.0. The molecule has 1 aliphatic rings. The summed E-state index contributed by atoms with van der Waals surface area (Å²) < 4.78 is 24.8. The van der Waals surface area contributed by atoms with E-state index in [1.54, 1.807) is 21.0 Å². The smallest absolute Gasteiger partial charge is 0.225 e. The number of benzene rings is 1. The molecule has 150 valence electrons. The van der Waals surface area contributed by atoms with Crippen molar-refractivity contribution in [2.45, 2.75) is 25.7 Å². The molecule has 2 rings (SSSR count). The second kappa shape index (κ2) is 9.70. The van der Waals surface area contributed by atoms with Gasteiger partial charge in [0.05, 0.1) is 5.75 Å². The number of anilines is 1. The van der Waals surface area contributed by atoms with Gasteiger partial charge in [-0.15, -0.1) is 0 Å². The molecule has 0 bridgehead atoms. The number of nitrogens with one attached hydrogen (secondary N) is 3. The normalized spacial score (nSPS) is 17.4. The number of guanidine groups is 1. The Labute approximate surface area is 161 Å². The van der Waals surface area contributed by atoms with Crippen molar-refractivity contribution in [2.75, 3.05) is 44.8 Å². The summed E-state index contributed by atoms with van der Waals surface area (Å²) in [6, 6.07) is 7.82. The van der Waals surface area contributed by atoms with Crippen molar-refractivity contribution in [1.29, 1.82) is 0 Å². The first kappa shape index (κ1) is 21.2. The maximum atomic E-state index is 11.9. The Balaban J connectivity index is 1.80. The van der Waals surface area contributed by atoms with Gasteiger partial charge in [-0.05, 0) is 25.0 Å². The molecule has 0 aliphatic carbocycles. The van der Waals surface area contributed by atoms with E-state index in [4.69, 9.17) is 0 Å². The van der Waals surface area contributed by atoms with Crippen LogP contribution in [0.4, 0.5) is 5.69 Å². The first-order chi connectivity index (χ1) is 12.9. The van der Waals surface area contributed by atoms with Crippen LogP contribution in [0.3, 0.4) is 0 Å². The number of hydrogen-bond acceptors (Lipinski definition) is 4. The molecule has 0 spiro atoms. The molecule has 0 saturated heterocycles. The highest BCUT2D eigenvalue weighted by molar-refractivity contribution is 7.89. The van der Waals surface area contributed by atoms with Gasteiger partial charge in [-0.1, -0.05) is 18.2 Å². The SMILES string of the molecule is CCS(=O)(=O)N(C)CCCNC(=NC)NCC1CC(=O)Nc2ccccc21. The lowest BCUT2D eigenvalue weighted by Gasteiger charge is -2.26. The fourth-order valence-electron chi connectivity index (χ4n) is 2.99. The third-order valence-corrected chi connectivity index (χ3v) is 6.49. The summed E-state index contributed by atoms with van der Waals surface area (Å²) in [6.07, 6.45) is 1.10. The van der Waals surface area contributed by atoms with E-state index in [0.717, 1.165) is 11.3 Å². The van der Waals surface area contributed by atoms with Gasteiger partial charge in [0.25, 0.3) is 0 Å². The zero-order valence-electron chi connectivity index (χ0n) is 16.2. The van der Waals surface area contributed by atoms with Crippen LogP contribution in [-0.4, -0.2) is 64.1 Å². The molecule has 1 aliphatic heterocycles. The highest BCUT2D eigenvalue weighted by Crippen LogP contribution is 2.31. The van der Waals surface area contributed by atoms with Crippen LogP contribution < -0.4 is 16.0 Å². The van der Waals surface area contributed by atoms with Crippen LogP contribution in [-0.2, 0) is 14.8 Å². The van der Waals surface area contributed by atoms with E-state index in [1.807, 2.05) is 24.3 Å². The minimum Gasteiger partial charge on any atom is -0.356 e. The van der Waals surface area contributed by atoms with Crippen molar-refractivity contribution in [3.05, 3.63) is 29.8 Å². The highest BCUT2D eigenvalue weighted by Gasteiger charge is 2.24. The van der Waals surface area contributed by atoms with Crippen LogP contribution in [0.5, 0.6) is 0 Å². The molecule has 1 heterocycles. The van der Waals surface area contributed by atoms with E-state index in [2.05, 4.69) is 20.9 Å². The van der Waals surface area contributed by atoms with E-state index in [9.17, 15) is 13.2 Å². The lowest BCUT2D eigenvalue weighted by Crippen LogP contribution is -2.41. The van der Waals surface area contributed by atoms with Gasteiger partial charge in [0, 0.05) is 51.8 Å². The molecular formula is C18H29N5O3S. The number of aliphatic imine (C=N–C) groups is 1. The fourth-order valence-corrected chi connectivity index (χ4v) is 3.84. The molecule has 1 aromatic rings.